The number of nitrogens with two attached hydrogens (primary N) is 1. The molecule has 0 spiro atoms. The summed E-state index contributed by atoms with van der Waals surface area (Å²) in [5, 5.41) is 37.3. The van der Waals surface area contributed by atoms with E-state index < -0.39 is 16.4 Å². The molecule has 2 heterocycles. The molecule has 0 aliphatic heterocycles. The summed E-state index contributed by atoms with van der Waals surface area (Å²) >= 11 is 29.5. The maximum absolute atomic E-state index is 12.2. The van der Waals surface area contributed by atoms with Crippen molar-refractivity contribution in [2.24, 2.45) is 0 Å². The summed E-state index contributed by atoms with van der Waals surface area (Å²) in [5.74, 6) is 1.64. The number of anilines is 12. The number of nitrogen functional groups attached to an aromatic ring is 1. The van der Waals surface area contributed by atoms with E-state index in [1.807, 2.05) is 59.3 Å². The summed E-state index contributed by atoms with van der Waals surface area (Å²) < 4.78 is 11.2. The summed E-state index contributed by atoms with van der Waals surface area (Å²) in [6, 6.07) is 13.6. The second kappa shape index (κ2) is 30.2. The van der Waals surface area contributed by atoms with Crippen LogP contribution < -0.4 is 51.6 Å². The van der Waals surface area contributed by atoms with Crippen LogP contribution in [0.2, 0.25) is 20.1 Å². The van der Waals surface area contributed by atoms with E-state index in [2.05, 4.69) is 84.3 Å². The number of nitrogens with zero attached hydrogens (tertiary/aromatic N) is 10. The monoisotopic (exact) mass is 1210 g/mol. The number of halogens is 5. The van der Waals surface area contributed by atoms with Crippen LogP contribution in [0.15, 0.2) is 86.5 Å². The SMILES string of the molecule is C=CC(=O)Cl.C=CC(=O)Nc1cc(Nc2ncnc(Nc3cc(Cl)c(Cl)cc3C(C)(C)O)n2)c(OC)cc1N(C)CCN(C)C.COc1cc(N(C)CCN(C)C)c(N)cc1Nc1ncnc(Nc2cc(Cl)c(Cl)cc2C(C)(C)O)n1. The van der Waals surface area contributed by atoms with Crippen molar-refractivity contribution in [3.05, 3.63) is 118 Å². The Hall–Kier alpha value is -6.99. The van der Waals surface area contributed by atoms with Gasteiger partial charge in [-0.15, -0.1) is 0 Å². The van der Waals surface area contributed by atoms with Crippen molar-refractivity contribution in [3.8, 4) is 11.5 Å². The number of aliphatic hydroxyl groups is 2. The van der Waals surface area contributed by atoms with Gasteiger partial charge in [0.25, 0.3) is 0 Å². The molecule has 4 aromatic carbocycles. The summed E-state index contributed by atoms with van der Waals surface area (Å²) in [7, 11) is 15.1. The first-order valence-electron chi connectivity index (χ1n) is 24.5. The number of aromatic nitrogens is 6. The van der Waals surface area contributed by atoms with Crippen molar-refractivity contribution >= 4 is 138 Å². The number of carbonyl (C=O) groups is 2. The number of amides is 1. The molecule has 2 aromatic heterocycles. The van der Waals surface area contributed by atoms with Gasteiger partial charge in [-0.2, -0.15) is 9.97 Å². The topological polar surface area (TPSA) is 270 Å². The van der Waals surface area contributed by atoms with Crippen LogP contribution >= 0.6 is 58.0 Å². The van der Waals surface area contributed by atoms with Gasteiger partial charge in [-0.25, -0.2) is 19.9 Å². The van der Waals surface area contributed by atoms with Crippen LogP contribution in [0.5, 0.6) is 11.5 Å². The van der Waals surface area contributed by atoms with Gasteiger partial charge in [0.1, 0.15) is 24.2 Å². The molecule has 0 atom stereocenters. The van der Waals surface area contributed by atoms with E-state index >= 15 is 0 Å². The van der Waals surface area contributed by atoms with Gasteiger partial charge in [-0.1, -0.05) is 59.6 Å². The first-order chi connectivity index (χ1) is 38.0. The van der Waals surface area contributed by atoms with Crippen molar-refractivity contribution in [1.82, 2.24) is 39.7 Å². The van der Waals surface area contributed by atoms with Gasteiger partial charge in [0.15, 0.2) is 0 Å². The first kappa shape index (κ1) is 66.5. The highest BCUT2D eigenvalue weighted by molar-refractivity contribution is 6.66. The molecule has 0 saturated heterocycles. The average molecular weight is 1220 g/mol. The van der Waals surface area contributed by atoms with Crippen LogP contribution in [0, 0.1) is 0 Å². The summed E-state index contributed by atoms with van der Waals surface area (Å²) in [6.45, 7) is 16.4. The third-order valence-electron chi connectivity index (χ3n) is 11.4. The smallest absolute Gasteiger partial charge is 0.247 e. The van der Waals surface area contributed by atoms with E-state index in [9.17, 15) is 19.8 Å². The molecule has 0 aliphatic carbocycles. The van der Waals surface area contributed by atoms with Crippen LogP contribution in [-0.4, -0.2) is 144 Å². The van der Waals surface area contributed by atoms with Gasteiger partial charge in [-0.3, -0.25) is 9.59 Å². The Bertz CT molecular complexity index is 3160. The Kier molecular flexibility index (Phi) is 24.8. The van der Waals surface area contributed by atoms with Gasteiger partial charge >= 0.3 is 0 Å². The Morgan fingerprint density at radius 2 is 0.926 bits per heavy atom. The maximum Gasteiger partial charge on any atom is 0.247 e. The maximum atomic E-state index is 12.2. The molecule has 27 heteroatoms. The zero-order valence-electron chi connectivity index (χ0n) is 47.1. The minimum atomic E-state index is -1.22. The second-order valence-electron chi connectivity index (χ2n) is 19.3. The number of rotatable bonds is 23. The molecular formula is C54H69Cl5N16O6. The van der Waals surface area contributed by atoms with Crippen molar-refractivity contribution in [2.45, 2.75) is 38.9 Å². The van der Waals surface area contributed by atoms with E-state index in [4.69, 9.17) is 73.2 Å². The highest BCUT2D eigenvalue weighted by Crippen LogP contribution is 2.41. The lowest BCUT2D eigenvalue weighted by Crippen LogP contribution is -2.29. The van der Waals surface area contributed by atoms with E-state index in [0.29, 0.717) is 83.4 Å². The normalized spacial score (nSPS) is 11.1. The third-order valence-corrected chi connectivity index (χ3v) is 13.0. The quantitative estimate of drug-likeness (QED) is 0.0168. The van der Waals surface area contributed by atoms with Gasteiger partial charge in [0.05, 0.1) is 79.6 Å². The molecule has 6 aromatic rings. The first-order valence-corrected chi connectivity index (χ1v) is 26.4. The van der Waals surface area contributed by atoms with Gasteiger partial charge in [0.2, 0.25) is 34.9 Å². The molecule has 0 radical (unpaired) electrons. The second-order valence-corrected chi connectivity index (χ2v) is 21.3. The molecule has 0 aliphatic rings. The molecule has 6 rings (SSSR count). The number of carbonyl (C=O) groups excluding carboxylic acids is 2. The minimum absolute atomic E-state index is 0.195. The lowest BCUT2D eigenvalue weighted by molar-refractivity contribution is -0.112. The number of ether oxygens (including phenoxy) is 2. The van der Waals surface area contributed by atoms with Crippen LogP contribution in [0.25, 0.3) is 0 Å². The standard InChI is InChI=1S/C27H34Cl2N8O3.C24H32Cl2N8O2.C3H3ClO/c1-8-24(38)32-20-13-21(23(40-7)14-22(20)37(6)10-9-36(4)5)34-26-31-15-30-25(35-26)33-19-12-18(29)17(28)11-16(19)27(2,3)39;1-24(2,35)14-9-15(25)16(26)10-18(14)30-22-28-13-29-23(32-22)31-19-11-17(27)20(12-21(19)36-6)34(5)8-7-33(3)4;1-2-3(4)5/h8,11-15,39H,1,9-10H2,2-7H3,(H,32,38)(H2,30,31,33,34,35);9-13,35H,7-8,27H2,1-6H3,(H2,28,29,30,31,32);2H,1H2. The zero-order valence-corrected chi connectivity index (χ0v) is 50.9. The number of hydrogen-bond acceptors (Lipinski definition) is 21. The van der Waals surface area contributed by atoms with Crippen molar-refractivity contribution in [3.63, 3.8) is 0 Å². The molecule has 0 unspecified atom stereocenters. The van der Waals surface area contributed by atoms with Gasteiger partial charge < -0.3 is 71.6 Å². The highest BCUT2D eigenvalue weighted by Gasteiger charge is 2.25. The lowest BCUT2D eigenvalue weighted by atomic mass is 9.96. The molecule has 22 nitrogen and oxygen atoms in total. The summed E-state index contributed by atoms with van der Waals surface area (Å²) in [4.78, 5) is 55.6. The van der Waals surface area contributed by atoms with E-state index in [0.717, 1.165) is 37.1 Å². The highest BCUT2D eigenvalue weighted by atomic mass is 35.5. The van der Waals surface area contributed by atoms with Crippen molar-refractivity contribution in [2.75, 3.05) is 125 Å². The van der Waals surface area contributed by atoms with Crippen LogP contribution in [0.1, 0.15) is 38.8 Å². The Morgan fingerprint density at radius 1 is 0.568 bits per heavy atom. The number of benzene rings is 4. The summed E-state index contributed by atoms with van der Waals surface area (Å²) in [6.07, 6.45) is 4.94. The number of allylic oxidation sites excluding steroid dienone is 1. The Labute approximate surface area is 497 Å². The number of hydrogen-bond donors (Lipinski definition) is 8. The molecule has 0 fully saturated rings. The predicted octanol–water partition coefficient (Wildman–Crippen LogP) is 10.4. The third kappa shape index (κ3) is 20.2. The average Bonchev–Trinajstić information content (AvgIpc) is 3.39. The molecule has 0 bridgehead atoms. The van der Waals surface area contributed by atoms with Crippen molar-refractivity contribution in [1.29, 1.82) is 0 Å². The largest absolute Gasteiger partial charge is 0.494 e. The minimum Gasteiger partial charge on any atom is -0.494 e. The van der Waals surface area contributed by atoms with Crippen molar-refractivity contribution < 1.29 is 29.3 Å². The zero-order chi connectivity index (χ0) is 60.5. The fourth-order valence-electron chi connectivity index (χ4n) is 7.19. The fraction of sp³-hybridized carbons (Fsp3) is 0.333. The molecule has 436 valence electrons. The number of methoxy groups -OCH3 is 2. The molecule has 81 heavy (non-hydrogen) atoms. The van der Waals surface area contributed by atoms with Crippen LogP contribution in [-0.2, 0) is 20.8 Å². The molecular weight excluding hydrogens is 1150 g/mol. The number of likely N-dealkylation sites (N-methyl/N-ethyl adjacent to an activating group) is 4. The van der Waals surface area contributed by atoms with E-state index in [-0.39, 0.29) is 29.7 Å². The van der Waals surface area contributed by atoms with E-state index in [1.165, 1.54) is 18.7 Å². The molecule has 9 N–H and O–H groups in total. The van der Waals surface area contributed by atoms with Crippen LogP contribution in [0.3, 0.4) is 0 Å². The lowest BCUT2D eigenvalue weighted by Gasteiger charge is -2.26. The Balaban J connectivity index is 0.000000323. The fourth-order valence-corrected chi connectivity index (χ4v) is 7.84. The molecule has 1 amide bonds. The molecule has 0 saturated carbocycles. The predicted molar refractivity (Wildman–Crippen MR) is 330 cm³/mol. The summed E-state index contributed by atoms with van der Waals surface area (Å²) in [5.41, 5.74) is 9.86. The number of nitrogens with one attached hydrogen (secondary N) is 5. The Morgan fingerprint density at radius 3 is 1.28 bits per heavy atom. The van der Waals surface area contributed by atoms with E-state index in [1.54, 1.807) is 78.3 Å². The van der Waals surface area contributed by atoms with Gasteiger partial charge in [-0.05, 0) is 116 Å². The van der Waals surface area contributed by atoms with Gasteiger partial charge in [0, 0.05) is 74.9 Å². The van der Waals surface area contributed by atoms with Crippen LogP contribution in [0.4, 0.5) is 69.3 Å².